The number of nitrogens with zero attached hydrogens (tertiary/aromatic N) is 1. The SMILES string of the molecule is CC(CNC(C)(C)C)NCc1cc(C(C)C)on1. The van der Waals surface area contributed by atoms with Crippen LogP contribution in [0.1, 0.15) is 58.9 Å². The quantitative estimate of drug-likeness (QED) is 0.818. The Bertz CT molecular complexity index is 352. The van der Waals surface area contributed by atoms with Gasteiger partial charge in [0.25, 0.3) is 0 Å². The van der Waals surface area contributed by atoms with E-state index in [9.17, 15) is 0 Å². The molecule has 4 heteroatoms. The van der Waals surface area contributed by atoms with E-state index in [1.54, 1.807) is 0 Å². The Labute approximate surface area is 111 Å². The third-order valence-corrected chi connectivity index (χ3v) is 2.72. The van der Waals surface area contributed by atoms with Crippen molar-refractivity contribution in [2.75, 3.05) is 6.54 Å². The minimum absolute atomic E-state index is 0.161. The second-order valence-electron chi connectivity index (χ2n) is 6.29. The van der Waals surface area contributed by atoms with Crippen LogP contribution in [0.4, 0.5) is 0 Å². The Morgan fingerprint density at radius 2 is 1.94 bits per heavy atom. The minimum atomic E-state index is 0.161. The number of rotatable bonds is 6. The van der Waals surface area contributed by atoms with E-state index in [1.165, 1.54) is 0 Å². The fraction of sp³-hybridized carbons (Fsp3) is 0.786. The monoisotopic (exact) mass is 253 g/mol. The van der Waals surface area contributed by atoms with Crippen molar-refractivity contribution in [3.8, 4) is 0 Å². The molecule has 0 aliphatic heterocycles. The first kappa shape index (κ1) is 15.2. The van der Waals surface area contributed by atoms with Crippen molar-refractivity contribution in [1.82, 2.24) is 15.8 Å². The van der Waals surface area contributed by atoms with Gasteiger partial charge in [-0.15, -0.1) is 0 Å². The van der Waals surface area contributed by atoms with Crippen molar-refractivity contribution in [2.45, 2.75) is 65.6 Å². The summed E-state index contributed by atoms with van der Waals surface area (Å²) in [5.74, 6) is 1.35. The fourth-order valence-corrected chi connectivity index (χ4v) is 1.49. The van der Waals surface area contributed by atoms with Crippen molar-refractivity contribution >= 4 is 0 Å². The van der Waals surface area contributed by atoms with Crippen molar-refractivity contribution in [2.24, 2.45) is 0 Å². The molecular formula is C14H27N3O. The molecule has 1 aromatic heterocycles. The van der Waals surface area contributed by atoms with Gasteiger partial charge in [0, 0.05) is 36.7 Å². The molecule has 1 rings (SSSR count). The lowest BCUT2D eigenvalue weighted by Gasteiger charge is -2.23. The molecule has 0 amide bonds. The largest absolute Gasteiger partial charge is 0.361 e. The summed E-state index contributed by atoms with van der Waals surface area (Å²) in [5, 5.41) is 11.0. The predicted molar refractivity (Wildman–Crippen MR) is 74.6 cm³/mol. The lowest BCUT2D eigenvalue weighted by atomic mass is 10.1. The van der Waals surface area contributed by atoms with Gasteiger partial charge in [-0.05, 0) is 27.7 Å². The molecule has 0 aliphatic rings. The van der Waals surface area contributed by atoms with E-state index in [-0.39, 0.29) is 5.54 Å². The Balaban J connectivity index is 2.31. The van der Waals surface area contributed by atoms with Gasteiger partial charge in [-0.1, -0.05) is 19.0 Å². The molecule has 0 saturated carbocycles. The Morgan fingerprint density at radius 1 is 1.28 bits per heavy atom. The van der Waals surface area contributed by atoms with Crippen LogP contribution in [0.2, 0.25) is 0 Å². The number of nitrogens with one attached hydrogen (secondary N) is 2. The van der Waals surface area contributed by atoms with Gasteiger partial charge in [0.05, 0.1) is 5.69 Å². The third kappa shape index (κ3) is 5.65. The van der Waals surface area contributed by atoms with Crippen LogP contribution in [-0.4, -0.2) is 23.3 Å². The first-order valence-electron chi connectivity index (χ1n) is 6.72. The summed E-state index contributed by atoms with van der Waals surface area (Å²) < 4.78 is 5.27. The van der Waals surface area contributed by atoms with E-state index in [0.29, 0.717) is 12.0 Å². The highest BCUT2D eigenvalue weighted by Crippen LogP contribution is 2.14. The van der Waals surface area contributed by atoms with Gasteiger partial charge in [-0.3, -0.25) is 0 Å². The lowest BCUT2D eigenvalue weighted by molar-refractivity contribution is 0.358. The molecule has 2 N–H and O–H groups in total. The van der Waals surface area contributed by atoms with Gasteiger partial charge in [0.1, 0.15) is 5.76 Å². The van der Waals surface area contributed by atoms with Crippen LogP contribution in [0, 0.1) is 0 Å². The zero-order chi connectivity index (χ0) is 13.8. The first-order valence-corrected chi connectivity index (χ1v) is 6.72. The highest BCUT2D eigenvalue weighted by atomic mass is 16.5. The summed E-state index contributed by atoms with van der Waals surface area (Å²) in [7, 11) is 0. The van der Waals surface area contributed by atoms with E-state index in [2.05, 4.69) is 57.3 Å². The maximum atomic E-state index is 5.27. The molecule has 0 saturated heterocycles. The van der Waals surface area contributed by atoms with Crippen LogP contribution in [0.5, 0.6) is 0 Å². The van der Waals surface area contributed by atoms with Crippen LogP contribution in [-0.2, 0) is 6.54 Å². The minimum Gasteiger partial charge on any atom is -0.361 e. The zero-order valence-corrected chi connectivity index (χ0v) is 12.5. The maximum Gasteiger partial charge on any atom is 0.139 e. The standard InChI is InChI=1S/C14H27N3O/c1-10(2)13-7-12(17-18-13)9-15-11(3)8-16-14(4,5)6/h7,10-11,15-16H,8-9H2,1-6H3. The van der Waals surface area contributed by atoms with E-state index in [4.69, 9.17) is 4.52 Å². The smallest absolute Gasteiger partial charge is 0.139 e. The molecule has 18 heavy (non-hydrogen) atoms. The number of aromatic nitrogens is 1. The second-order valence-corrected chi connectivity index (χ2v) is 6.29. The molecule has 1 heterocycles. The maximum absolute atomic E-state index is 5.27. The lowest BCUT2D eigenvalue weighted by Crippen LogP contribution is -2.44. The summed E-state index contributed by atoms with van der Waals surface area (Å²) in [4.78, 5) is 0. The van der Waals surface area contributed by atoms with Gasteiger partial charge in [-0.25, -0.2) is 0 Å². The summed E-state index contributed by atoms with van der Waals surface area (Å²) in [6.07, 6.45) is 0. The molecule has 0 spiro atoms. The molecule has 0 aromatic carbocycles. The van der Waals surface area contributed by atoms with E-state index >= 15 is 0 Å². The summed E-state index contributed by atoms with van der Waals surface area (Å²) >= 11 is 0. The first-order chi connectivity index (χ1) is 8.28. The van der Waals surface area contributed by atoms with Gasteiger partial charge in [-0.2, -0.15) is 0 Å². The molecule has 0 radical (unpaired) electrons. The topological polar surface area (TPSA) is 50.1 Å². The zero-order valence-electron chi connectivity index (χ0n) is 12.5. The van der Waals surface area contributed by atoms with Crippen molar-refractivity contribution in [3.63, 3.8) is 0 Å². The van der Waals surface area contributed by atoms with Crippen LogP contribution in [0.3, 0.4) is 0 Å². The average Bonchev–Trinajstić information content (AvgIpc) is 2.71. The summed E-state index contributed by atoms with van der Waals surface area (Å²) in [6, 6.07) is 2.44. The van der Waals surface area contributed by atoms with Gasteiger partial charge in [0.2, 0.25) is 0 Å². The highest BCUT2D eigenvalue weighted by Gasteiger charge is 2.12. The molecule has 4 nitrogen and oxygen atoms in total. The van der Waals surface area contributed by atoms with E-state index in [0.717, 1.165) is 24.5 Å². The molecule has 1 unspecified atom stereocenters. The van der Waals surface area contributed by atoms with Crippen LogP contribution < -0.4 is 10.6 Å². The molecular weight excluding hydrogens is 226 g/mol. The Kier molecular flexibility index (Phi) is 5.35. The van der Waals surface area contributed by atoms with Crippen molar-refractivity contribution < 1.29 is 4.52 Å². The highest BCUT2D eigenvalue weighted by molar-refractivity contribution is 5.08. The van der Waals surface area contributed by atoms with Gasteiger partial charge < -0.3 is 15.2 Å². The summed E-state index contributed by atoms with van der Waals surface area (Å²) in [6.45, 7) is 14.6. The predicted octanol–water partition coefficient (Wildman–Crippen LogP) is 2.66. The molecule has 0 bridgehead atoms. The normalized spacial score (nSPS) is 14.2. The Hall–Kier alpha value is -0.870. The molecule has 104 valence electrons. The van der Waals surface area contributed by atoms with Crippen LogP contribution in [0.25, 0.3) is 0 Å². The average molecular weight is 253 g/mol. The molecule has 0 fully saturated rings. The van der Waals surface area contributed by atoms with Crippen LogP contribution >= 0.6 is 0 Å². The Morgan fingerprint density at radius 3 is 2.44 bits per heavy atom. The molecule has 1 atom stereocenters. The number of hydrogen-bond donors (Lipinski definition) is 2. The van der Waals surface area contributed by atoms with Crippen molar-refractivity contribution in [1.29, 1.82) is 0 Å². The van der Waals surface area contributed by atoms with E-state index in [1.807, 2.05) is 6.07 Å². The summed E-state index contributed by atoms with van der Waals surface area (Å²) in [5.41, 5.74) is 1.13. The molecule has 0 aliphatic carbocycles. The number of hydrogen-bond acceptors (Lipinski definition) is 4. The third-order valence-electron chi connectivity index (χ3n) is 2.72. The fourth-order valence-electron chi connectivity index (χ4n) is 1.49. The van der Waals surface area contributed by atoms with Crippen molar-refractivity contribution in [3.05, 3.63) is 17.5 Å². The van der Waals surface area contributed by atoms with Gasteiger partial charge in [0.15, 0.2) is 0 Å². The van der Waals surface area contributed by atoms with E-state index < -0.39 is 0 Å². The molecule has 1 aromatic rings. The van der Waals surface area contributed by atoms with Gasteiger partial charge >= 0.3 is 0 Å². The van der Waals surface area contributed by atoms with Crippen LogP contribution in [0.15, 0.2) is 10.6 Å². The second kappa shape index (κ2) is 6.34.